The average Bonchev–Trinajstić information content (AvgIpc) is 3.36. The lowest BCUT2D eigenvalue weighted by molar-refractivity contribution is -0.118. The van der Waals surface area contributed by atoms with E-state index in [0.29, 0.717) is 41.3 Å². The summed E-state index contributed by atoms with van der Waals surface area (Å²) in [5.74, 6) is -0.241. The van der Waals surface area contributed by atoms with E-state index in [9.17, 15) is 14.4 Å². The zero-order valence-corrected chi connectivity index (χ0v) is 16.0. The number of Topliss-reactive ketones (excluding diaryl/α,β-unsaturated/α-hetero) is 1. The highest BCUT2D eigenvalue weighted by molar-refractivity contribution is 6.45. The lowest BCUT2D eigenvalue weighted by Crippen LogP contribution is -2.40. The van der Waals surface area contributed by atoms with Gasteiger partial charge >= 0.3 is 0 Å². The molecule has 0 aliphatic carbocycles. The van der Waals surface area contributed by atoms with Crippen LogP contribution < -0.4 is 19.7 Å². The van der Waals surface area contributed by atoms with Gasteiger partial charge < -0.3 is 24.7 Å². The molecule has 0 spiro atoms. The van der Waals surface area contributed by atoms with Crippen molar-refractivity contribution in [2.45, 2.75) is 12.5 Å². The van der Waals surface area contributed by atoms with E-state index >= 15 is 0 Å². The Bertz CT molecular complexity index is 1170. The topological polar surface area (TPSA) is 101 Å². The monoisotopic (exact) mass is 405 g/mol. The Morgan fingerprint density at radius 1 is 1.07 bits per heavy atom. The molecule has 3 aromatic rings. The minimum atomic E-state index is -0.721. The van der Waals surface area contributed by atoms with E-state index in [0.717, 1.165) is 5.52 Å². The van der Waals surface area contributed by atoms with Crippen LogP contribution in [-0.2, 0) is 9.59 Å². The lowest BCUT2D eigenvalue weighted by Gasteiger charge is -2.22. The largest absolute Gasteiger partial charge is 0.486 e. The van der Waals surface area contributed by atoms with Crippen LogP contribution in [0.15, 0.2) is 48.7 Å². The molecule has 3 heterocycles. The first kappa shape index (κ1) is 18.2. The molecular weight excluding hydrogens is 386 g/mol. The van der Waals surface area contributed by atoms with Gasteiger partial charge in [0.15, 0.2) is 11.5 Å². The van der Waals surface area contributed by atoms with Gasteiger partial charge in [0.05, 0.1) is 11.6 Å². The standard InChI is InChI=1S/C22H19N3O5/c26-20-9-13(12-25(20)14-5-6-18-19(10-14)30-8-7-29-18)24-22(28)21(27)16-11-23-17-4-2-1-3-15(16)17/h1-6,10-11,13,23H,7-9,12H2,(H,24,28)/t13-/m0/s1. The Morgan fingerprint density at radius 2 is 1.87 bits per heavy atom. The summed E-state index contributed by atoms with van der Waals surface area (Å²) < 4.78 is 11.1. The first-order valence-electron chi connectivity index (χ1n) is 9.71. The van der Waals surface area contributed by atoms with Crippen LogP contribution in [0.1, 0.15) is 16.8 Å². The molecule has 5 rings (SSSR count). The number of nitrogens with zero attached hydrogens (tertiary/aromatic N) is 1. The molecule has 0 bridgehead atoms. The normalized spacial score (nSPS) is 17.9. The lowest BCUT2D eigenvalue weighted by atomic mass is 10.1. The maximum absolute atomic E-state index is 12.6. The molecule has 2 aliphatic heterocycles. The smallest absolute Gasteiger partial charge is 0.292 e. The predicted molar refractivity (Wildman–Crippen MR) is 109 cm³/mol. The molecule has 2 amide bonds. The number of carbonyl (C=O) groups is 3. The van der Waals surface area contributed by atoms with Gasteiger partial charge in [0.2, 0.25) is 5.91 Å². The summed E-state index contributed by atoms with van der Waals surface area (Å²) in [6, 6.07) is 12.1. The molecule has 2 aromatic carbocycles. The number of ketones is 1. The summed E-state index contributed by atoms with van der Waals surface area (Å²) in [5, 5.41) is 3.40. The van der Waals surface area contributed by atoms with Crippen molar-refractivity contribution in [3.8, 4) is 11.5 Å². The summed E-state index contributed by atoms with van der Waals surface area (Å²) in [5.41, 5.74) is 1.77. The first-order chi connectivity index (χ1) is 14.6. The number of hydrogen-bond donors (Lipinski definition) is 2. The van der Waals surface area contributed by atoms with Gasteiger partial charge in [-0.25, -0.2) is 0 Å². The van der Waals surface area contributed by atoms with Crippen LogP contribution in [0.2, 0.25) is 0 Å². The van der Waals surface area contributed by atoms with Gasteiger partial charge in [0.1, 0.15) is 13.2 Å². The second-order valence-corrected chi connectivity index (χ2v) is 7.28. The number of anilines is 1. The van der Waals surface area contributed by atoms with Crippen LogP contribution in [0.25, 0.3) is 10.9 Å². The van der Waals surface area contributed by atoms with E-state index in [-0.39, 0.29) is 18.9 Å². The molecule has 1 fully saturated rings. The fourth-order valence-corrected chi connectivity index (χ4v) is 3.89. The van der Waals surface area contributed by atoms with Crippen LogP contribution in [0.5, 0.6) is 11.5 Å². The predicted octanol–water partition coefficient (Wildman–Crippen LogP) is 2.04. The molecular formula is C22H19N3O5. The van der Waals surface area contributed by atoms with Crippen molar-refractivity contribution >= 4 is 34.2 Å². The number of hydrogen-bond acceptors (Lipinski definition) is 5. The maximum atomic E-state index is 12.6. The fraction of sp³-hybridized carbons (Fsp3) is 0.227. The number of carbonyl (C=O) groups excluding carboxylic acids is 3. The van der Waals surface area contributed by atoms with Gasteiger partial charge in [-0.2, -0.15) is 0 Å². The van der Waals surface area contributed by atoms with Gasteiger partial charge in [-0.1, -0.05) is 18.2 Å². The Labute approximate surface area is 171 Å². The first-order valence-corrected chi connectivity index (χ1v) is 9.71. The third-order valence-corrected chi connectivity index (χ3v) is 5.34. The van der Waals surface area contributed by atoms with Crippen LogP contribution >= 0.6 is 0 Å². The Balaban J connectivity index is 1.29. The SMILES string of the molecule is O=C(N[C@H]1CC(=O)N(c2ccc3c(c2)OCCO3)C1)C(=O)c1c[nH]c2ccccc12. The Morgan fingerprint density at radius 3 is 2.73 bits per heavy atom. The number of benzene rings is 2. The van der Waals surface area contributed by atoms with Crippen molar-refractivity contribution < 1.29 is 23.9 Å². The summed E-state index contributed by atoms with van der Waals surface area (Å²) in [6.07, 6.45) is 1.66. The quantitative estimate of drug-likeness (QED) is 0.511. The van der Waals surface area contributed by atoms with E-state index in [2.05, 4.69) is 10.3 Å². The fourth-order valence-electron chi connectivity index (χ4n) is 3.89. The second-order valence-electron chi connectivity index (χ2n) is 7.28. The highest BCUT2D eigenvalue weighted by atomic mass is 16.6. The van der Waals surface area contributed by atoms with Crippen LogP contribution in [0.3, 0.4) is 0 Å². The highest BCUT2D eigenvalue weighted by Crippen LogP contribution is 2.35. The van der Waals surface area contributed by atoms with E-state index in [1.807, 2.05) is 18.2 Å². The second kappa shape index (κ2) is 7.22. The number of aromatic amines is 1. The van der Waals surface area contributed by atoms with Crippen LogP contribution in [0, 0.1) is 0 Å². The van der Waals surface area contributed by atoms with Crippen molar-refractivity contribution in [3.05, 3.63) is 54.2 Å². The molecule has 8 heteroatoms. The van der Waals surface area contributed by atoms with E-state index in [1.54, 1.807) is 29.2 Å². The molecule has 0 unspecified atom stereocenters. The van der Waals surface area contributed by atoms with E-state index < -0.39 is 17.7 Å². The van der Waals surface area contributed by atoms with Crippen LogP contribution in [0.4, 0.5) is 5.69 Å². The van der Waals surface area contributed by atoms with Crippen molar-refractivity contribution in [2.75, 3.05) is 24.7 Å². The number of H-pyrrole nitrogens is 1. The molecule has 8 nitrogen and oxygen atoms in total. The molecule has 30 heavy (non-hydrogen) atoms. The minimum absolute atomic E-state index is 0.126. The summed E-state index contributed by atoms with van der Waals surface area (Å²) >= 11 is 0. The molecule has 1 aromatic heterocycles. The van der Waals surface area contributed by atoms with Crippen molar-refractivity contribution in [3.63, 3.8) is 0 Å². The van der Waals surface area contributed by atoms with Crippen molar-refractivity contribution in [1.29, 1.82) is 0 Å². The summed E-state index contributed by atoms with van der Waals surface area (Å²) in [4.78, 5) is 42.3. The van der Waals surface area contributed by atoms with Gasteiger partial charge in [-0.15, -0.1) is 0 Å². The number of fused-ring (bicyclic) bond motifs is 2. The molecule has 1 saturated heterocycles. The van der Waals surface area contributed by atoms with E-state index in [4.69, 9.17) is 9.47 Å². The van der Waals surface area contributed by atoms with Crippen molar-refractivity contribution in [1.82, 2.24) is 10.3 Å². The number of rotatable bonds is 4. The highest BCUT2D eigenvalue weighted by Gasteiger charge is 2.34. The molecule has 0 saturated carbocycles. The maximum Gasteiger partial charge on any atom is 0.292 e. The van der Waals surface area contributed by atoms with Gasteiger partial charge in [-0.05, 0) is 18.2 Å². The third kappa shape index (κ3) is 3.16. The zero-order chi connectivity index (χ0) is 20.7. The van der Waals surface area contributed by atoms with Crippen molar-refractivity contribution in [2.24, 2.45) is 0 Å². The Hall–Kier alpha value is -3.81. The molecule has 0 radical (unpaired) electrons. The average molecular weight is 405 g/mol. The molecule has 152 valence electrons. The van der Waals surface area contributed by atoms with Gasteiger partial charge in [0, 0.05) is 41.8 Å². The number of aromatic nitrogens is 1. The molecule has 2 N–H and O–H groups in total. The van der Waals surface area contributed by atoms with Gasteiger partial charge in [-0.3, -0.25) is 14.4 Å². The number of nitrogens with one attached hydrogen (secondary N) is 2. The van der Waals surface area contributed by atoms with Crippen LogP contribution in [-0.4, -0.2) is 48.4 Å². The number of amides is 2. The third-order valence-electron chi connectivity index (χ3n) is 5.34. The summed E-state index contributed by atoms with van der Waals surface area (Å²) in [6.45, 7) is 1.23. The summed E-state index contributed by atoms with van der Waals surface area (Å²) in [7, 11) is 0. The number of para-hydroxylation sites is 1. The molecule has 1 atom stereocenters. The van der Waals surface area contributed by atoms with E-state index in [1.165, 1.54) is 6.20 Å². The molecule has 2 aliphatic rings. The van der Waals surface area contributed by atoms with Gasteiger partial charge in [0.25, 0.3) is 11.7 Å². The minimum Gasteiger partial charge on any atom is -0.486 e. The number of ether oxygens (including phenoxy) is 2. The Kier molecular flexibility index (Phi) is 4.39. The zero-order valence-electron chi connectivity index (χ0n) is 16.0.